The molecule has 2 aliphatic rings. The molecule has 2 saturated heterocycles. The molecule has 0 aromatic carbocycles. The molecule has 110 valence electrons. The number of likely N-dealkylation sites (tertiary alicyclic amines) is 1. The van der Waals surface area contributed by atoms with Crippen LogP contribution in [0.4, 0.5) is 0 Å². The molecule has 0 spiro atoms. The fraction of sp³-hybridized carbons (Fsp3) is 0.929. The molecular weight excluding hydrogens is 240 g/mol. The second kappa shape index (κ2) is 7.22. The monoisotopic (exact) mass is 268 g/mol. The van der Waals surface area contributed by atoms with Gasteiger partial charge in [-0.25, -0.2) is 0 Å². The highest BCUT2D eigenvalue weighted by atomic mass is 16.2. The van der Waals surface area contributed by atoms with Crippen LogP contribution in [0.5, 0.6) is 0 Å². The number of hydrogen-bond donors (Lipinski definition) is 1. The van der Waals surface area contributed by atoms with Gasteiger partial charge in [-0.2, -0.15) is 0 Å². The summed E-state index contributed by atoms with van der Waals surface area (Å²) in [5, 5.41) is 0. The Morgan fingerprint density at radius 2 is 1.89 bits per heavy atom. The van der Waals surface area contributed by atoms with Crippen molar-refractivity contribution in [3.05, 3.63) is 0 Å². The van der Waals surface area contributed by atoms with Gasteiger partial charge in [-0.05, 0) is 25.9 Å². The first-order valence-corrected chi connectivity index (χ1v) is 7.68. The Hall–Kier alpha value is -0.650. The minimum absolute atomic E-state index is 0.202. The Morgan fingerprint density at radius 3 is 2.53 bits per heavy atom. The predicted molar refractivity (Wildman–Crippen MR) is 76.9 cm³/mol. The van der Waals surface area contributed by atoms with Gasteiger partial charge in [-0.15, -0.1) is 0 Å². The van der Waals surface area contributed by atoms with Crippen LogP contribution in [-0.2, 0) is 4.79 Å². The first kappa shape index (κ1) is 14.8. The first-order valence-electron chi connectivity index (χ1n) is 7.68. The summed E-state index contributed by atoms with van der Waals surface area (Å²) >= 11 is 0. The molecule has 1 atom stereocenters. The van der Waals surface area contributed by atoms with Gasteiger partial charge in [-0.3, -0.25) is 4.79 Å². The zero-order valence-electron chi connectivity index (χ0n) is 12.2. The van der Waals surface area contributed by atoms with E-state index in [1.807, 2.05) is 0 Å². The first-order chi connectivity index (χ1) is 9.24. The predicted octanol–water partition coefficient (Wildman–Crippen LogP) is -0.179. The normalized spacial score (nSPS) is 26.6. The molecule has 0 aromatic heterocycles. The maximum Gasteiger partial charge on any atom is 0.227 e. The second-order valence-corrected chi connectivity index (χ2v) is 5.69. The lowest BCUT2D eigenvalue weighted by atomic mass is 9.96. The van der Waals surface area contributed by atoms with E-state index in [1.165, 1.54) is 0 Å². The Morgan fingerprint density at radius 1 is 1.16 bits per heavy atom. The van der Waals surface area contributed by atoms with E-state index in [-0.39, 0.29) is 5.92 Å². The topological polar surface area (TPSA) is 52.8 Å². The number of nitrogens with zero attached hydrogens (tertiary/aromatic N) is 3. The van der Waals surface area contributed by atoms with Crippen LogP contribution in [0, 0.1) is 5.92 Å². The smallest absolute Gasteiger partial charge is 0.227 e. The third kappa shape index (κ3) is 3.91. The van der Waals surface area contributed by atoms with Crippen LogP contribution in [0.3, 0.4) is 0 Å². The van der Waals surface area contributed by atoms with Crippen molar-refractivity contribution in [2.45, 2.75) is 19.8 Å². The van der Waals surface area contributed by atoms with Crippen LogP contribution < -0.4 is 5.73 Å². The van der Waals surface area contributed by atoms with E-state index in [2.05, 4.69) is 21.6 Å². The number of carbonyl (C=O) groups excluding carboxylic acids is 1. The molecule has 0 aliphatic carbocycles. The molecule has 5 nitrogen and oxygen atoms in total. The summed E-state index contributed by atoms with van der Waals surface area (Å²) in [7, 11) is 0. The van der Waals surface area contributed by atoms with Crippen LogP contribution in [0.1, 0.15) is 19.8 Å². The molecule has 0 aromatic rings. The van der Waals surface area contributed by atoms with Gasteiger partial charge in [0.2, 0.25) is 5.91 Å². The summed E-state index contributed by atoms with van der Waals surface area (Å²) in [5.41, 5.74) is 5.61. The second-order valence-electron chi connectivity index (χ2n) is 5.69. The number of hydrogen-bond acceptors (Lipinski definition) is 4. The standard InChI is InChI=1S/C14H28N4O/c1-2-16-8-10-18(11-9-16)14(19)13-4-3-6-17(12-13)7-5-15/h13H,2-12,15H2,1H3. The average molecular weight is 268 g/mol. The number of amides is 1. The van der Waals surface area contributed by atoms with Gasteiger partial charge in [0.15, 0.2) is 0 Å². The lowest BCUT2D eigenvalue weighted by Crippen LogP contribution is -2.52. The lowest BCUT2D eigenvalue weighted by Gasteiger charge is -2.38. The summed E-state index contributed by atoms with van der Waals surface area (Å²) < 4.78 is 0. The number of rotatable bonds is 4. The Bertz CT molecular complexity index is 287. The molecule has 0 saturated carbocycles. The van der Waals surface area contributed by atoms with Gasteiger partial charge >= 0.3 is 0 Å². The maximum absolute atomic E-state index is 12.5. The molecule has 5 heteroatoms. The number of likely N-dealkylation sites (N-methyl/N-ethyl adjacent to an activating group) is 1. The van der Waals surface area contributed by atoms with Crippen molar-refractivity contribution in [2.75, 3.05) is 58.9 Å². The van der Waals surface area contributed by atoms with Crippen molar-refractivity contribution < 1.29 is 4.79 Å². The van der Waals surface area contributed by atoms with E-state index in [0.29, 0.717) is 12.5 Å². The largest absolute Gasteiger partial charge is 0.340 e. The van der Waals surface area contributed by atoms with Crippen LogP contribution in [0.15, 0.2) is 0 Å². The molecule has 2 fully saturated rings. The molecule has 2 aliphatic heterocycles. The van der Waals surface area contributed by atoms with Crippen molar-refractivity contribution in [3.8, 4) is 0 Å². The van der Waals surface area contributed by atoms with Gasteiger partial charge in [0.05, 0.1) is 5.92 Å². The maximum atomic E-state index is 12.5. The molecule has 1 unspecified atom stereocenters. The van der Waals surface area contributed by atoms with Crippen molar-refractivity contribution in [1.82, 2.24) is 14.7 Å². The molecule has 0 bridgehead atoms. The Kier molecular flexibility index (Phi) is 5.60. The molecule has 19 heavy (non-hydrogen) atoms. The van der Waals surface area contributed by atoms with Crippen molar-refractivity contribution in [3.63, 3.8) is 0 Å². The van der Waals surface area contributed by atoms with E-state index in [1.54, 1.807) is 0 Å². The fourth-order valence-electron chi connectivity index (χ4n) is 3.19. The highest BCUT2D eigenvalue weighted by Crippen LogP contribution is 2.19. The van der Waals surface area contributed by atoms with Crippen LogP contribution in [0.2, 0.25) is 0 Å². The average Bonchev–Trinajstić information content (AvgIpc) is 2.47. The zero-order chi connectivity index (χ0) is 13.7. The molecular formula is C14H28N4O. The summed E-state index contributed by atoms with van der Waals surface area (Å²) in [6.07, 6.45) is 2.18. The third-order valence-electron chi connectivity index (χ3n) is 4.43. The number of nitrogens with two attached hydrogens (primary N) is 1. The number of carbonyl (C=O) groups is 1. The quantitative estimate of drug-likeness (QED) is 0.768. The van der Waals surface area contributed by atoms with Crippen LogP contribution in [0.25, 0.3) is 0 Å². The molecule has 2 heterocycles. The van der Waals surface area contributed by atoms with Crippen LogP contribution in [-0.4, -0.2) is 79.5 Å². The number of piperidine rings is 1. The van der Waals surface area contributed by atoms with Crippen molar-refractivity contribution >= 4 is 5.91 Å². The zero-order valence-corrected chi connectivity index (χ0v) is 12.2. The molecule has 2 N–H and O–H groups in total. The molecule has 0 radical (unpaired) electrons. The van der Waals surface area contributed by atoms with E-state index >= 15 is 0 Å². The highest BCUT2D eigenvalue weighted by Gasteiger charge is 2.30. The van der Waals surface area contributed by atoms with E-state index in [0.717, 1.165) is 65.2 Å². The van der Waals surface area contributed by atoms with Crippen molar-refractivity contribution in [2.24, 2.45) is 11.7 Å². The van der Waals surface area contributed by atoms with E-state index < -0.39 is 0 Å². The molecule has 2 rings (SSSR count). The SMILES string of the molecule is CCN1CCN(C(=O)C2CCCN(CCN)C2)CC1. The van der Waals surface area contributed by atoms with Gasteiger partial charge in [0.25, 0.3) is 0 Å². The summed E-state index contributed by atoms with van der Waals surface area (Å²) in [6.45, 7) is 10.8. The summed E-state index contributed by atoms with van der Waals surface area (Å²) in [5.74, 6) is 0.575. The van der Waals surface area contributed by atoms with Crippen LogP contribution >= 0.6 is 0 Å². The Balaban J connectivity index is 1.82. The van der Waals surface area contributed by atoms with Gasteiger partial charge in [0, 0.05) is 45.8 Å². The minimum atomic E-state index is 0.202. The highest BCUT2D eigenvalue weighted by molar-refractivity contribution is 5.79. The minimum Gasteiger partial charge on any atom is -0.340 e. The number of piperazine rings is 1. The summed E-state index contributed by atoms with van der Waals surface area (Å²) in [6, 6.07) is 0. The van der Waals surface area contributed by atoms with E-state index in [4.69, 9.17) is 5.73 Å². The third-order valence-corrected chi connectivity index (χ3v) is 4.43. The Labute approximate surface area is 116 Å². The summed E-state index contributed by atoms with van der Waals surface area (Å²) in [4.78, 5) is 19.4. The van der Waals surface area contributed by atoms with Gasteiger partial charge in [0.1, 0.15) is 0 Å². The van der Waals surface area contributed by atoms with E-state index in [9.17, 15) is 4.79 Å². The molecule has 1 amide bonds. The van der Waals surface area contributed by atoms with Gasteiger partial charge in [-0.1, -0.05) is 6.92 Å². The van der Waals surface area contributed by atoms with Gasteiger partial charge < -0.3 is 20.4 Å². The lowest BCUT2D eigenvalue weighted by molar-refractivity contribution is -0.139. The van der Waals surface area contributed by atoms with Crippen molar-refractivity contribution in [1.29, 1.82) is 0 Å². The fourth-order valence-corrected chi connectivity index (χ4v) is 3.19.